The third kappa shape index (κ3) is 2.35. The van der Waals surface area contributed by atoms with E-state index in [9.17, 15) is 9.59 Å². The second-order valence-corrected chi connectivity index (χ2v) is 3.18. The molecule has 2 rings (SSSR count). The van der Waals surface area contributed by atoms with Crippen molar-refractivity contribution < 1.29 is 19.4 Å². The van der Waals surface area contributed by atoms with Gasteiger partial charge in [-0.1, -0.05) is 24.3 Å². The zero-order valence-corrected chi connectivity index (χ0v) is 9.06. The molecule has 0 saturated heterocycles. The lowest BCUT2D eigenvalue weighted by molar-refractivity contribution is 0.0939. The van der Waals surface area contributed by atoms with Gasteiger partial charge in [0, 0.05) is 31.4 Å². The van der Waals surface area contributed by atoms with Crippen LogP contribution in [0.25, 0.3) is 0 Å². The van der Waals surface area contributed by atoms with Gasteiger partial charge in [0.25, 0.3) is 0 Å². The third-order valence-corrected chi connectivity index (χ3v) is 1.94. The molecule has 0 spiro atoms. The zero-order chi connectivity index (χ0) is 12.1. The predicted molar refractivity (Wildman–Crippen MR) is 58.7 cm³/mol. The fourth-order valence-electron chi connectivity index (χ4n) is 1.30. The van der Waals surface area contributed by atoms with E-state index in [1.165, 1.54) is 6.07 Å². The molecule has 4 heteroatoms. The number of ether oxygens (including phenoxy) is 1. The monoisotopic (exact) mass is 220 g/mol. The highest BCUT2D eigenvalue weighted by Crippen LogP contribution is 2.19. The SMILES string of the molecule is COC.O=C1C=C(O)C(=O)c2ccccc21. The lowest BCUT2D eigenvalue weighted by atomic mass is 9.94. The first-order chi connectivity index (χ1) is 7.61. The summed E-state index contributed by atoms with van der Waals surface area (Å²) >= 11 is 0. The van der Waals surface area contributed by atoms with Crippen LogP contribution in [-0.2, 0) is 4.74 Å². The van der Waals surface area contributed by atoms with Crippen molar-refractivity contribution >= 4 is 11.6 Å². The minimum Gasteiger partial charge on any atom is -0.504 e. The summed E-state index contributed by atoms with van der Waals surface area (Å²) in [5.41, 5.74) is 0.623. The Morgan fingerprint density at radius 3 is 2.12 bits per heavy atom. The number of fused-ring (bicyclic) bond motifs is 1. The molecule has 0 radical (unpaired) electrons. The molecule has 84 valence electrons. The Hall–Kier alpha value is -1.94. The number of carbonyl (C=O) groups is 2. The standard InChI is InChI=1S/C10H6O3.C2H6O/c11-8-5-9(12)10(13)7-4-2-1-3-6(7)8;1-3-2/h1-5,12H;1-2H3. The maximum Gasteiger partial charge on any atom is 0.228 e. The largest absolute Gasteiger partial charge is 0.504 e. The van der Waals surface area contributed by atoms with Crippen molar-refractivity contribution in [3.63, 3.8) is 0 Å². The minimum absolute atomic E-state index is 0.271. The van der Waals surface area contributed by atoms with Crippen LogP contribution in [0.3, 0.4) is 0 Å². The number of hydrogen-bond acceptors (Lipinski definition) is 4. The van der Waals surface area contributed by atoms with Crippen LogP contribution in [-0.4, -0.2) is 30.9 Å². The van der Waals surface area contributed by atoms with Crippen molar-refractivity contribution in [1.29, 1.82) is 0 Å². The summed E-state index contributed by atoms with van der Waals surface area (Å²) < 4.78 is 4.25. The molecule has 1 aliphatic carbocycles. The number of carbonyl (C=O) groups excluding carboxylic acids is 2. The topological polar surface area (TPSA) is 63.6 Å². The number of aliphatic hydroxyl groups is 1. The fraction of sp³-hybridized carbons (Fsp3) is 0.167. The Morgan fingerprint density at radius 1 is 1.06 bits per heavy atom. The second kappa shape index (κ2) is 5.23. The van der Waals surface area contributed by atoms with Crippen molar-refractivity contribution in [2.75, 3.05) is 14.2 Å². The Labute approximate surface area is 93.2 Å². The Balaban J connectivity index is 0.000000386. The van der Waals surface area contributed by atoms with E-state index in [0.29, 0.717) is 5.56 Å². The van der Waals surface area contributed by atoms with Gasteiger partial charge in [0.15, 0.2) is 11.5 Å². The van der Waals surface area contributed by atoms with Gasteiger partial charge in [-0.05, 0) is 0 Å². The molecular formula is C12H12O4. The normalized spacial score (nSPS) is 13.5. The molecule has 0 atom stereocenters. The number of methoxy groups -OCH3 is 1. The summed E-state index contributed by atoms with van der Waals surface area (Å²) in [4.78, 5) is 22.5. The van der Waals surface area contributed by atoms with Gasteiger partial charge in [-0.15, -0.1) is 0 Å². The summed E-state index contributed by atoms with van der Waals surface area (Å²) in [6, 6.07) is 6.43. The van der Waals surface area contributed by atoms with Gasteiger partial charge < -0.3 is 9.84 Å². The molecule has 0 aliphatic heterocycles. The molecular weight excluding hydrogens is 208 g/mol. The summed E-state index contributed by atoms with van der Waals surface area (Å²) in [7, 11) is 3.25. The van der Waals surface area contributed by atoms with E-state index in [1.807, 2.05) is 0 Å². The molecule has 0 amide bonds. The number of Topliss-reactive ketones (excluding diaryl/α,β-unsaturated/α-hetero) is 1. The number of ketones is 2. The number of rotatable bonds is 0. The van der Waals surface area contributed by atoms with Gasteiger partial charge in [-0.3, -0.25) is 9.59 Å². The molecule has 1 aliphatic rings. The average molecular weight is 220 g/mol. The van der Waals surface area contributed by atoms with Crippen molar-refractivity contribution in [3.8, 4) is 0 Å². The summed E-state index contributed by atoms with van der Waals surface area (Å²) in [5, 5.41) is 9.09. The molecule has 0 fully saturated rings. The smallest absolute Gasteiger partial charge is 0.228 e. The molecule has 0 aromatic heterocycles. The highest BCUT2D eigenvalue weighted by molar-refractivity contribution is 6.23. The molecule has 1 aromatic carbocycles. The molecule has 0 heterocycles. The van der Waals surface area contributed by atoms with Gasteiger partial charge in [-0.2, -0.15) is 0 Å². The second-order valence-electron chi connectivity index (χ2n) is 3.18. The van der Waals surface area contributed by atoms with Crippen LogP contribution >= 0.6 is 0 Å². The first-order valence-electron chi connectivity index (χ1n) is 4.60. The molecule has 0 unspecified atom stereocenters. The first-order valence-corrected chi connectivity index (χ1v) is 4.60. The quantitative estimate of drug-likeness (QED) is 0.723. The lowest BCUT2D eigenvalue weighted by Gasteiger charge is -2.09. The average Bonchev–Trinajstić information content (AvgIpc) is 2.27. The summed E-state index contributed by atoms with van der Waals surface area (Å²) in [6.07, 6.45) is 0.949. The number of hydrogen-bond donors (Lipinski definition) is 1. The van der Waals surface area contributed by atoms with E-state index in [4.69, 9.17) is 5.11 Å². The van der Waals surface area contributed by atoms with E-state index in [-0.39, 0.29) is 11.3 Å². The van der Waals surface area contributed by atoms with Crippen LogP contribution in [0, 0.1) is 0 Å². The fourth-order valence-corrected chi connectivity index (χ4v) is 1.30. The minimum atomic E-state index is -0.491. The van der Waals surface area contributed by atoms with Crippen LogP contribution in [0.4, 0.5) is 0 Å². The predicted octanol–water partition coefficient (Wildman–Crippen LogP) is 1.77. The van der Waals surface area contributed by atoms with Gasteiger partial charge in [0.1, 0.15) is 0 Å². The van der Waals surface area contributed by atoms with Crippen molar-refractivity contribution in [3.05, 3.63) is 47.2 Å². The summed E-state index contributed by atoms with van der Waals surface area (Å²) in [5.74, 6) is -1.30. The van der Waals surface area contributed by atoms with Gasteiger partial charge in [0.2, 0.25) is 5.78 Å². The van der Waals surface area contributed by atoms with Crippen molar-refractivity contribution in [2.45, 2.75) is 0 Å². The maximum absolute atomic E-state index is 11.3. The Morgan fingerprint density at radius 2 is 1.56 bits per heavy atom. The van der Waals surface area contributed by atoms with E-state index < -0.39 is 11.5 Å². The Kier molecular flexibility index (Phi) is 3.96. The molecule has 0 saturated carbocycles. The number of aliphatic hydroxyl groups excluding tert-OH is 1. The van der Waals surface area contributed by atoms with E-state index >= 15 is 0 Å². The van der Waals surface area contributed by atoms with Crippen molar-refractivity contribution in [1.82, 2.24) is 0 Å². The molecule has 16 heavy (non-hydrogen) atoms. The van der Waals surface area contributed by atoms with Crippen LogP contribution in [0.1, 0.15) is 20.7 Å². The maximum atomic E-state index is 11.3. The molecule has 1 aromatic rings. The van der Waals surface area contributed by atoms with Crippen LogP contribution in [0.5, 0.6) is 0 Å². The molecule has 1 N–H and O–H groups in total. The number of benzene rings is 1. The molecule has 4 nitrogen and oxygen atoms in total. The van der Waals surface area contributed by atoms with Crippen LogP contribution in [0.2, 0.25) is 0 Å². The van der Waals surface area contributed by atoms with Gasteiger partial charge >= 0.3 is 0 Å². The van der Waals surface area contributed by atoms with Crippen molar-refractivity contribution in [2.24, 2.45) is 0 Å². The highest BCUT2D eigenvalue weighted by atomic mass is 16.4. The van der Waals surface area contributed by atoms with Gasteiger partial charge in [0.05, 0.1) is 0 Å². The first kappa shape index (κ1) is 12.1. The zero-order valence-electron chi connectivity index (χ0n) is 9.06. The third-order valence-electron chi connectivity index (χ3n) is 1.94. The lowest BCUT2D eigenvalue weighted by Crippen LogP contribution is -2.16. The van der Waals surface area contributed by atoms with E-state index in [0.717, 1.165) is 6.08 Å². The van der Waals surface area contributed by atoms with E-state index in [2.05, 4.69) is 4.74 Å². The molecule has 0 bridgehead atoms. The van der Waals surface area contributed by atoms with Gasteiger partial charge in [-0.25, -0.2) is 0 Å². The van der Waals surface area contributed by atoms with E-state index in [1.54, 1.807) is 32.4 Å². The Bertz CT molecular complexity index is 446. The highest BCUT2D eigenvalue weighted by Gasteiger charge is 2.24. The number of allylic oxidation sites excluding steroid dienone is 2. The summed E-state index contributed by atoms with van der Waals surface area (Å²) in [6.45, 7) is 0. The van der Waals surface area contributed by atoms with Crippen LogP contribution in [0.15, 0.2) is 36.1 Å². The van der Waals surface area contributed by atoms with Crippen LogP contribution < -0.4 is 0 Å².